The number of benzene rings is 1. The van der Waals surface area contributed by atoms with Crippen LogP contribution in [-0.4, -0.2) is 57.7 Å². The van der Waals surface area contributed by atoms with Gasteiger partial charge in [0.2, 0.25) is 5.88 Å². The molecule has 4 rings (SSSR count). The van der Waals surface area contributed by atoms with Crippen LogP contribution in [0.3, 0.4) is 0 Å². The quantitative estimate of drug-likeness (QED) is 0.409. The zero-order valence-corrected chi connectivity index (χ0v) is 20.8. The molecule has 0 saturated heterocycles. The molecule has 0 unspecified atom stereocenters. The number of aromatic nitrogens is 3. The van der Waals surface area contributed by atoms with Gasteiger partial charge in [-0.3, -0.25) is 19.5 Å². The Hall–Kier alpha value is -3.95. The van der Waals surface area contributed by atoms with Crippen LogP contribution < -0.4 is 15.4 Å². The molecule has 0 bridgehead atoms. The van der Waals surface area contributed by atoms with Gasteiger partial charge in [-0.2, -0.15) is 5.10 Å². The Bertz CT molecular complexity index is 1330. The molecule has 1 saturated carbocycles. The number of H-pyrrole nitrogens is 1. The van der Waals surface area contributed by atoms with Gasteiger partial charge in [-0.05, 0) is 64.3 Å². The summed E-state index contributed by atoms with van der Waals surface area (Å²) in [6.07, 6.45) is 3.52. The van der Waals surface area contributed by atoms with E-state index in [-0.39, 0.29) is 29.8 Å². The van der Waals surface area contributed by atoms with Gasteiger partial charge in [0, 0.05) is 29.2 Å². The minimum absolute atomic E-state index is 0.00207. The molecule has 1 aliphatic carbocycles. The van der Waals surface area contributed by atoms with E-state index in [4.69, 9.17) is 10.8 Å². The third-order valence-electron chi connectivity index (χ3n) is 5.53. The number of rotatable bonds is 8. The molecule has 2 heterocycles. The Morgan fingerprint density at radius 2 is 1.97 bits per heavy atom. The maximum atomic E-state index is 13.1. The van der Waals surface area contributed by atoms with Crippen molar-refractivity contribution in [3.05, 3.63) is 41.7 Å². The molecule has 190 valence electrons. The third kappa shape index (κ3) is 5.99. The monoisotopic (exact) mass is 494 g/mol. The normalized spacial score (nSPS) is 14.6. The molecule has 0 radical (unpaired) electrons. The van der Waals surface area contributed by atoms with E-state index in [2.05, 4.69) is 25.8 Å². The smallest absolute Gasteiger partial charge is 0.308 e. The van der Waals surface area contributed by atoms with Gasteiger partial charge in [0.1, 0.15) is 11.2 Å². The van der Waals surface area contributed by atoms with Gasteiger partial charge in [-0.15, -0.1) is 0 Å². The summed E-state index contributed by atoms with van der Waals surface area (Å²) in [6.45, 7) is 7.04. The van der Waals surface area contributed by atoms with Crippen molar-refractivity contribution < 1.29 is 25.2 Å². The molecule has 0 spiro atoms. The summed E-state index contributed by atoms with van der Waals surface area (Å²) in [5, 5.41) is 13.5. The number of aromatic amines is 1. The summed E-state index contributed by atoms with van der Waals surface area (Å²) in [5.41, 5.74) is 1.89. The van der Waals surface area contributed by atoms with E-state index in [1.807, 2.05) is 12.1 Å². The molecule has 1 aromatic carbocycles. The predicted molar refractivity (Wildman–Crippen MR) is 134 cm³/mol. The van der Waals surface area contributed by atoms with Crippen LogP contribution in [0.25, 0.3) is 22.0 Å². The number of carbonyl (C=O) groups excluding carboxylic acids is 3. The molecule has 1 fully saturated rings. The molecule has 3 aromatic rings. The second-order valence-electron chi connectivity index (χ2n) is 9.97. The third-order valence-corrected chi connectivity index (χ3v) is 5.53. The Kier molecular flexibility index (Phi) is 6.58. The minimum Gasteiger partial charge on any atom is -0.480 e. The number of pyridine rings is 1. The van der Waals surface area contributed by atoms with Crippen LogP contribution in [0.15, 0.2) is 30.5 Å². The first-order chi connectivity index (χ1) is 17.5. The summed E-state index contributed by atoms with van der Waals surface area (Å²) in [4.78, 5) is 41.9. The highest BCUT2D eigenvalue weighted by atomic mass is 16.6. The average Bonchev–Trinajstić information content (AvgIpc) is 3.52. The number of ether oxygens (including phenoxy) is 2. The number of carbonyl (C=O) groups is 3. The molecule has 3 N–H and O–H groups in total. The summed E-state index contributed by atoms with van der Waals surface area (Å²) in [6, 6.07) is 6.78. The highest BCUT2D eigenvalue weighted by Crippen LogP contribution is 2.28. The summed E-state index contributed by atoms with van der Waals surface area (Å²) < 4.78 is 18.0. The van der Waals surface area contributed by atoms with E-state index in [1.54, 1.807) is 46.0 Å². The molecule has 10 heteroatoms. The van der Waals surface area contributed by atoms with Crippen LogP contribution in [0, 0.1) is 0 Å². The Balaban J connectivity index is 1.54. The van der Waals surface area contributed by atoms with E-state index in [9.17, 15) is 14.4 Å². The lowest BCUT2D eigenvalue weighted by Crippen LogP contribution is -2.36. The van der Waals surface area contributed by atoms with Crippen LogP contribution in [-0.2, 0) is 9.53 Å². The number of hydrogen-bond acceptors (Lipinski definition) is 7. The van der Waals surface area contributed by atoms with E-state index in [1.165, 1.54) is 0 Å². The molecule has 2 amide bonds. The maximum Gasteiger partial charge on any atom is 0.308 e. The van der Waals surface area contributed by atoms with E-state index < -0.39 is 30.6 Å². The molecule has 1 atom stereocenters. The van der Waals surface area contributed by atoms with Crippen molar-refractivity contribution in [3.8, 4) is 17.0 Å². The Labute approximate surface area is 210 Å². The SMILES string of the molecule is [2H]COc1ncc(-c2ccc3c(C(=O)NC4CC4)n[nH]c3c2)cc1C(=O)N[C@@H](C)CC(=O)OC(C)(C)C. The Morgan fingerprint density at radius 3 is 2.67 bits per heavy atom. The lowest BCUT2D eigenvalue weighted by molar-refractivity contribution is -0.155. The first-order valence-corrected chi connectivity index (χ1v) is 11.8. The summed E-state index contributed by atoms with van der Waals surface area (Å²) in [5.74, 6) is -1.11. The fourth-order valence-electron chi connectivity index (χ4n) is 3.73. The topological polar surface area (TPSA) is 135 Å². The van der Waals surface area contributed by atoms with Crippen molar-refractivity contribution in [2.45, 2.75) is 64.6 Å². The minimum atomic E-state index is -0.619. The molecule has 1 aliphatic rings. The van der Waals surface area contributed by atoms with Crippen LogP contribution in [0.4, 0.5) is 0 Å². The number of fused-ring (bicyclic) bond motifs is 1. The van der Waals surface area contributed by atoms with Gasteiger partial charge >= 0.3 is 5.97 Å². The highest BCUT2D eigenvalue weighted by molar-refractivity contribution is 6.05. The molecule has 2 aromatic heterocycles. The summed E-state index contributed by atoms with van der Waals surface area (Å²) >= 11 is 0. The summed E-state index contributed by atoms with van der Waals surface area (Å²) in [7, 11) is -0.411. The predicted octanol–water partition coefficient (Wildman–Crippen LogP) is 3.38. The van der Waals surface area contributed by atoms with Crippen molar-refractivity contribution >= 4 is 28.7 Å². The zero-order chi connectivity index (χ0) is 26.7. The van der Waals surface area contributed by atoms with Crippen LogP contribution >= 0.6 is 0 Å². The number of hydrogen-bond donors (Lipinski definition) is 3. The van der Waals surface area contributed by atoms with Gasteiger partial charge < -0.3 is 20.1 Å². The first-order valence-electron chi connectivity index (χ1n) is 12.5. The van der Waals surface area contributed by atoms with Crippen molar-refractivity contribution in [3.63, 3.8) is 0 Å². The number of nitrogens with one attached hydrogen (secondary N) is 3. The fraction of sp³-hybridized carbons (Fsp3) is 0.423. The van der Waals surface area contributed by atoms with Gasteiger partial charge in [0.25, 0.3) is 11.8 Å². The zero-order valence-electron chi connectivity index (χ0n) is 21.8. The standard InChI is InChI=1S/C26H31N5O5/c1-14(10-21(32)36-26(2,3)4)28-23(33)19-11-16(13-27-25(19)35-5)15-6-9-18-20(12-15)30-31-22(18)24(34)29-17-7-8-17/h6,9,11-14,17H,7-8,10H2,1-5H3,(H,28,33)(H,29,34)(H,30,31)/t14-/m0/s1/i5D. The first kappa shape index (κ1) is 23.8. The van der Waals surface area contributed by atoms with Gasteiger partial charge in [-0.1, -0.05) is 6.07 Å². The van der Waals surface area contributed by atoms with Crippen molar-refractivity contribution in [2.75, 3.05) is 7.09 Å². The highest BCUT2D eigenvalue weighted by Gasteiger charge is 2.26. The van der Waals surface area contributed by atoms with Gasteiger partial charge in [0.15, 0.2) is 5.69 Å². The Morgan fingerprint density at radius 1 is 1.19 bits per heavy atom. The molecule has 10 nitrogen and oxygen atoms in total. The largest absolute Gasteiger partial charge is 0.480 e. The molecular formula is C26H31N5O5. The molecule has 36 heavy (non-hydrogen) atoms. The van der Waals surface area contributed by atoms with Crippen LogP contribution in [0.5, 0.6) is 5.88 Å². The molecular weight excluding hydrogens is 462 g/mol. The lowest BCUT2D eigenvalue weighted by atomic mass is 10.0. The second-order valence-corrected chi connectivity index (χ2v) is 9.97. The molecule has 0 aliphatic heterocycles. The van der Waals surface area contributed by atoms with Crippen LogP contribution in [0.1, 0.15) is 69.2 Å². The van der Waals surface area contributed by atoms with Crippen molar-refractivity contribution in [1.82, 2.24) is 25.8 Å². The van der Waals surface area contributed by atoms with E-state index in [0.29, 0.717) is 22.2 Å². The van der Waals surface area contributed by atoms with E-state index >= 15 is 0 Å². The average molecular weight is 495 g/mol. The second kappa shape index (κ2) is 9.96. The number of methoxy groups -OCH3 is 1. The van der Waals surface area contributed by atoms with Crippen LogP contribution in [0.2, 0.25) is 0 Å². The number of esters is 1. The van der Waals surface area contributed by atoms with Crippen molar-refractivity contribution in [2.24, 2.45) is 0 Å². The van der Waals surface area contributed by atoms with E-state index in [0.717, 1.165) is 18.4 Å². The number of amides is 2. The fourth-order valence-corrected chi connectivity index (χ4v) is 3.73. The lowest BCUT2D eigenvalue weighted by Gasteiger charge is -2.21. The maximum absolute atomic E-state index is 13.1. The van der Waals surface area contributed by atoms with Gasteiger partial charge in [0.05, 0.1) is 20.4 Å². The number of nitrogens with zero attached hydrogens (tertiary/aromatic N) is 2. The van der Waals surface area contributed by atoms with Gasteiger partial charge in [-0.25, -0.2) is 4.98 Å². The van der Waals surface area contributed by atoms with Crippen molar-refractivity contribution in [1.29, 1.82) is 0 Å².